The largest absolute Gasteiger partial charge is 0.271 e. The van der Waals surface area contributed by atoms with Crippen LogP contribution in [0.15, 0.2) is 36.7 Å². The van der Waals surface area contributed by atoms with Gasteiger partial charge >= 0.3 is 0 Å². The molecular weight excluding hydrogens is 260 g/mol. The van der Waals surface area contributed by atoms with Crippen LogP contribution in [0.2, 0.25) is 0 Å². The number of hydrazine groups is 1. The fraction of sp³-hybridized carbons (Fsp3) is 0.267. The lowest BCUT2D eigenvalue weighted by molar-refractivity contribution is 0.452. The van der Waals surface area contributed by atoms with Gasteiger partial charge in [0.1, 0.15) is 11.6 Å². The van der Waals surface area contributed by atoms with E-state index in [1.807, 2.05) is 12.1 Å². The molecule has 0 aliphatic heterocycles. The monoisotopic (exact) mass is 277 g/mol. The van der Waals surface area contributed by atoms with E-state index in [-0.39, 0.29) is 5.56 Å². The van der Waals surface area contributed by atoms with Gasteiger partial charge in [-0.2, -0.15) is 0 Å². The molecule has 0 spiro atoms. The van der Waals surface area contributed by atoms with Crippen LogP contribution >= 0.6 is 0 Å². The van der Waals surface area contributed by atoms with Crippen LogP contribution in [0.5, 0.6) is 0 Å². The number of hydrogen-bond donors (Lipinski definition) is 2. The molecule has 0 aliphatic rings. The van der Waals surface area contributed by atoms with E-state index in [1.54, 1.807) is 19.3 Å². The number of nitrogens with one attached hydrogen (secondary N) is 1. The van der Waals surface area contributed by atoms with Crippen molar-refractivity contribution >= 4 is 0 Å². The number of pyridine rings is 1. The summed E-state index contributed by atoms with van der Waals surface area (Å²) in [5.74, 6) is 4.33. The second-order valence-electron chi connectivity index (χ2n) is 4.71. The number of nitrogens with zero attached hydrogens (tertiary/aromatic N) is 1. The molecule has 1 atom stereocenters. The van der Waals surface area contributed by atoms with E-state index in [9.17, 15) is 8.78 Å². The summed E-state index contributed by atoms with van der Waals surface area (Å²) >= 11 is 0. The topological polar surface area (TPSA) is 50.9 Å². The van der Waals surface area contributed by atoms with Crippen LogP contribution in [0.25, 0.3) is 0 Å². The minimum absolute atomic E-state index is 0.00334. The number of halogens is 2. The number of aryl methyl sites for hydroxylation is 2. The molecule has 1 unspecified atom stereocenters. The van der Waals surface area contributed by atoms with E-state index >= 15 is 0 Å². The summed E-state index contributed by atoms with van der Waals surface area (Å²) in [6.45, 7) is 1.60. The molecule has 2 rings (SSSR count). The van der Waals surface area contributed by atoms with Gasteiger partial charge < -0.3 is 0 Å². The van der Waals surface area contributed by atoms with Gasteiger partial charge in [0.25, 0.3) is 0 Å². The smallest absolute Gasteiger partial charge is 0.133 e. The van der Waals surface area contributed by atoms with Gasteiger partial charge in [-0.15, -0.1) is 0 Å². The Balaban J connectivity index is 2.19. The summed E-state index contributed by atoms with van der Waals surface area (Å²) in [6, 6.07) is 5.86. The summed E-state index contributed by atoms with van der Waals surface area (Å²) in [5.41, 5.74) is 3.90. The highest BCUT2D eigenvalue weighted by Crippen LogP contribution is 2.26. The maximum Gasteiger partial charge on any atom is 0.133 e. The minimum Gasteiger partial charge on any atom is -0.271 e. The number of rotatable bonds is 5. The molecule has 1 heterocycles. The third kappa shape index (κ3) is 3.18. The van der Waals surface area contributed by atoms with Crippen LogP contribution in [0.1, 0.15) is 29.2 Å². The van der Waals surface area contributed by atoms with Gasteiger partial charge in [0.2, 0.25) is 0 Å². The first-order chi connectivity index (χ1) is 9.63. The van der Waals surface area contributed by atoms with Crippen LogP contribution in [-0.2, 0) is 6.42 Å². The van der Waals surface area contributed by atoms with Crippen molar-refractivity contribution in [2.24, 2.45) is 5.84 Å². The van der Waals surface area contributed by atoms with Gasteiger partial charge in [-0.05, 0) is 43.0 Å². The minimum atomic E-state index is -0.581. The lowest BCUT2D eigenvalue weighted by Crippen LogP contribution is -2.30. The Bertz CT molecular complexity index is 573. The first-order valence-corrected chi connectivity index (χ1v) is 6.43. The summed E-state index contributed by atoms with van der Waals surface area (Å²) in [4.78, 5) is 4.01. The third-order valence-electron chi connectivity index (χ3n) is 3.31. The predicted molar refractivity (Wildman–Crippen MR) is 73.7 cm³/mol. The van der Waals surface area contributed by atoms with Crippen molar-refractivity contribution in [1.82, 2.24) is 10.4 Å². The van der Waals surface area contributed by atoms with Crippen molar-refractivity contribution in [2.75, 3.05) is 0 Å². The fourth-order valence-electron chi connectivity index (χ4n) is 2.17. The van der Waals surface area contributed by atoms with Crippen molar-refractivity contribution in [1.29, 1.82) is 0 Å². The van der Waals surface area contributed by atoms with E-state index in [4.69, 9.17) is 5.84 Å². The van der Waals surface area contributed by atoms with Crippen molar-refractivity contribution < 1.29 is 8.78 Å². The van der Waals surface area contributed by atoms with Gasteiger partial charge in [0.05, 0.1) is 6.04 Å². The molecule has 106 valence electrons. The highest BCUT2D eigenvalue weighted by atomic mass is 19.1. The van der Waals surface area contributed by atoms with Crippen LogP contribution in [0.3, 0.4) is 0 Å². The zero-order valence-electron chi connectivity index (χ0n) is 11.2. The third-order valence-corrected chi connectivity index (χ3v) is 3.31. The summed E-state index contributed by atoms with van der Waals surface area (Å²) in [6.07, 6.45) is 4.54. The lowest BCUT2D eigenvalue weighted by atomic mass is 9.97. The van der Waals surface area contributed by atoms with E-state index in [0.29, 0.717) is 18.4 Å². The maximum atomic E-state index is 14.1. The fourth-order valence-corrected chi connectivity index (χ4v) is 2.17. The SMILES string of the molecule is Cc1ccc(F)c(C(CCc2cccnc2)NN)c1F. The van der Waals surface area contributed by atoms with Gasteiger partial charge in [-0.25, -0.2) is 8.78 Å². The quantitative estimate of drug-likeness (QED) is 0.652. The summed E-state index contributed by atoms with van der Waals surface area (Å²) < 4.78 is 27.9. The molecule has 0 bridgehead atoms. The molecule has 2 aromatic rings. The Morgan fingerprint density at radius 3 is 2.75 bits per heavy atom. The molecule has 0 radical (unpaired) electrons. The molecule has 0 saturated carbocycles. The Morgan fingerprint density at radius 2 is 2.10 bits per heavy atom. The molecule has 0 fully saturated rings. The molecule has 3 nitrogen and oxygen atoms in total. The van der Waals surface area contributed by atoms with Gasteiger partial charge in [0, 0.05) is 18.0 Å². The highest BCUT2D eigenvalue weighted by Gasteiger charge is 2.20. The van der Waals surface area contributed by atoms with Crippen molar-refractivity contribution in [3.63, 3.8) is 0 Å². The van der Waals surface area contributed by atoms with E-state index in [0.717, 1.165) is 5.56 Å². The molecule has 1 aromatic heterocycles. The van der Waals surface area contributed by atoms with Crippen molar-refractivity contribution in [3.05, 3.63) is 65.0 Å². The van der Waals surface area contributed by atoms with Gasteiger partial charge in [-0.3, -0.25) is 16.3 Å². The van der Waals surface area contributed by atoms with Gasteiger partial charge in [0.15, 0.2) is 0 Å². The molecule has 0 aliphatic carbocycles. The second kappa shape index (κ2) is 6.54. The van der Waals surface area contributed by atoms with Gasteiger partial charge in [-0.1, -0.05) is 12.1 Å². The zero-order chi connectivity index (χ0) is 14.5. The Hall–Kier alpha value is -1.85. The molecule has 5 heteroatoms. The molecule has 20 heavy (non-hydrogen) atoms. The number of aromatic nitrogens is 1. The van der Waals surface area contributed by atoms with Crippen LogP contribution < -0.4 is 11.3 Å². The number of hydrogen-bond acceptors (Lipinski definition) is 3. The molecule has 0 saturated heterocycles. The van der Waals surface area contributed by atoms with Crippen LogP contribution in [0, 0.1) is 18.6 Å². The Kier molecular flexibility index (Phi) is 4.76. The first kappa shape index (κ1) is 14.6. The predicted octanol–water partition coefficient (Wildman–Crippen LogP) is 2.81. The summed E-state index contributed by atoms with van der Waals surface area (Å²) in [5, 5.41) is 0. The normalized spacial score (nSPS) is 12.4. The zero-order valence-corrected chi connectivity index (χ0v) is 11.2. The molecule has 1 aromatic carbocycles. The number of benzene rings is 1. The first-order valence-electron chi connectivity index (χ1n) is 6.43. The van der Waals surface area contributed by atoms with Crippen LogP contribution in [0.4, 0.5) is 8.78 Å². The molecule has 0 amide bonds. The number of nitrogens with two attached hydrogens (primary N) is 1. The average Bonchev–Trinajstić information content (AvgIpc) is 2.47. The standard InChI is InChI=1S/C15H17F2N3/c1-10-4-6-12(16)14(15(10)17)13(20-18)7-5-11-3-2-8-19-9-11/h2-4,6,8-9,13,20H,5,7,18H2,1H3. The maximum absolute atomic E-state index is 14.1. The van der Waals surface area contributed by atoms with E-state index in [2.05, 4.69) is 10.4 Å². The average molecular weight is 277 g/mol. The lowest BCUT2D eigenvalue weighted by Gasteiger charge is -2.18. The molecule has 3 N–H and O–H groups in total. The van der Waals surface area contributed by atoms with Crippen LogP contribution in [-0.4, -0.2) is 4.98 Å². The Morgan fingerprint density at radius 1 is 1.30 bits per heavy atom. The molecular formula is C15H17F2N3. The van der Waals surface area contributed by atoms with E-state index < -0.39 is 17.7 Å². The highest BCUT2D eigenvalue weighted by molar-refractivity contribution is 5.29. The van der Waals surface area contributed by atoms with E-state index in [1.165, 1.54) is 12.1 Å². The second-order valence-corrected chi connectivity index (χ2v) is 4.71. The van der Waals surface area contributed by atoms with Crippen molar-refractivity contribution in [2.45, 2.75) is 25.8 Å². The Labute approximate surface area is 116 Å². The van der Waals surface area contributed by atoms with Crippen molar-refractivity contribution in [3.8, 4) is 0 Å². The summed E-state index contributed by atoms with van der Waals surface area (Å²) in [7, 11) is 0.